The molecule has 26 nitrogen and oxygen atoms in total. The number of hydroxylamine groups is 6. The monoisotopic (exact) mass is 1250 g/mol. The summed E-state index contributed by atoms with van der Waals surface area (Å²) in [6.07, 6.45) is 11.4. The lowest BCUT2D eigenvalue weighted by Crippen LogP contribution is -2.45. The Morgan fingerprint density at radius 1 is 0.621 bits per heavy atom. The number of nitrogens with one attached hydrogen (secondary N) is 4. The van der Waals surface area contributed by atoms with Crippen molar-refractivity contribution in [3.63, 3.8) is 0 Å². The van der Waals surface area contributed by atoms with E-state index in [0.29, 0.717) is 142 Å². The number of Topliss-reactive ketones (excluding diaryl/α,β-unsaturated/α-hetero) is 2. The molecule has 0 radical (unpaired) electrons. The fraction of sp³-hybridized carbons (Fsp3) is 0.683. The molecule has 490 valence electrons. The van der Waals surface area contributed by atoms with E-state index < -0.39 is 47.4 Å². The van der Waals surface area contributed by atoms with Crippen molar-refractivity contribution in [1.29, 1.82) is 0 Å². The fourth-order valence-corrected chi connectivity index (χ4v) is 9.14. The number of ether oxygens (including phenoxy) is 4. The van der Waals surface area contributed by atoms with Crippen molar-refractivity contribution in [3.8, 4) is 5.75 Å². The third kappa shape index (κ3) is 35.3. The minimum atomic E-state index is -0.837. The molecule has 2 rings (SSSR count). The van der Waals surface area contributed by atoms with Gasteiger partial charge in [0.05, 0.1) is 45.7 Å². The van der Waals surface area contributed by atoms with Gasteiger partial charge in [0.15, 0.2) is 5.78 Å². The Bertz CT molecular complexity index is 2310. The van der Waals surface area contributed by atoms with E-state index in [4.69, 9.17) is 18.9 Å². The molecule has 0 saturated heterocycles. The summed E-state index contributed by atoms with van der Waals surface area (Å²) < 4.78 is 22.4. The zero-order chi connectivity index (χ0) is 64.2. The molecule has 1 aliphatic rings. The molecule has 3 atom stereocenters. The van der Waals surface area contributed by atoms with E-state index in [-0.39, 0.29) is 139 Å². The normalized spacial score (nSPS) is 12.9. The molecule has 27 heteroatoms. The van der Waals surface area contributed by atoms with E-state index >= 15 is 0 Å². The van der Waals surface area contributed by atoms with Crippen molar-refractivity contribution in [2.75, 3.05) is 104 Å². The molecule has 0 aliphatic carbocycles. The second-order valence-electron chi connectivity index (χ2n) is 21.1. The minimum Gasteiger partial charge on any atom is -0.491 e. The van der Waals surface area contributed by atoms with Crippen molar-refractivity contribution in [3.05, 3.63) is 42.0 Å². The molecule has 0 aromatic heterocycles. The summed E-state index contributed by atoms with van der Waals surface area (Å²) in [4.78, 5) is 137. The van der Waals surface area contributed by atoms with Crippen LogP contribution in [0.4, 0.5) is 0 Å². The molecule has 1 aromatic carbocycles. The standard InChI is InChI=1S/C60H96N8O18S/c1-5-45(2)50(60(79)63-30-34-65-55(74)24-25-56(65)75)44-52(71)51(27-42-87-4)64-59(78)47-17-16-19-49(43-47)86-41-40-85-39-38-84-37-36-83-35-26-54(73)62-29-12-9-15-33-67(81)57(76)22-20-48(70)18-10-6-7-13-32-68(82)58(77)23-21-53(72)61-28-11-8-14-31-66(80)46(3)69/h16-17,19,24-25,43,45,50-51,80-82H,5-15,18,20-23,26-42,44H2,1-4H3,(H,61,72)(H,62,73)(H,63,79)(H,64,78)/t45-,50-,51-/m0/s1. The minimum absolute atomic E-state index is 0.00819. The average Bonchev–Trinajstić information content (AvgIpc) is 3.81. The maximum atomic E-state index is 13.7. The first-order valence-electron chi connectivity index (χ1n) is 30.4. The number of carbonyl (C=O) groups excluding carboxylic acids is 11. The Morgan fingerprint density at radius 3 is 1.75 bits per heavy atom. The van der Waals surface area contributed by atoms with Crippen molar-refractivity contribution in [1.82, 2.24) is 41.4 Å². The van der Waals surface area contributed by atoms with Gasteiger partial charge in [-0.2, -0.15) is 11.8 Å². The highest BCUT2D eigenvalue weighted by Crippen LogP contribution is 2.22. The summed E-state index contributed by atoms with van der Waals surface area (Å²) in [5, 5.41) is 42.5. The maximum Gasteiger partial charge on any atom is 0.253 e. The highest BCUT2D eigenvalue weighted by atomic mass is 32.2. The Hall–Kier alpha value is -6.36. The molecule has 0 unspecified atom stereocenters. The summed E-state index contributed by atoms with van der Waals surface area (Å²) >= 11 is 1.53. The van der Waals surface area contributed by atoms with Crippen LogP contribution in [-0.2, 0) is 62.2 Å². The molecule has 1 aliphatic heterocycles. The highest BCUT2D eigenvalue weighted by molar-refractivity contribution is 7.98. The summed E-state index contributed by atoms with van der Waals surface area (Å²) in [6.45, 7) is 8.21. The van der Waals surface area contributed by atoms with Gasteiger partial charge >= 0.3 is 0 Å². The van der Waals surface area contributed by atoms with Gasteiger partial charge in [-0.05, 0) is 93.9 Å². The lowest BCUT2D eigenvalue weighted by molar-refractivity contribution is -0.166. The number of amides is 9. The first kappa shape index (κ1) is 76.7. The molecule has 0 saturated carbocycles. The lowest BCUT2D eigenvalue weighted by Gasteiger charge is -2.25. The van der Waals surface area contributed by atoms with E-state index in [9.17, 15) is 68.4 Å². The summed E-state index contributed by atoms with van der Waals surface area (Å²) in [5.41, 5.74) is 0.292. The van der Waals surface area contributed by atoms with Gasteiger partial charge in [-0.15, -0.1) is 0 Å². The highest BCUT2D eigenvalue weighted by Gasteiger charge is 2.31. The second kappa shape index (κ2) is 46.8. The van der Waals surface area contributed by atoms with Crippen LogP contribution in [0.3, 0.4) is 0 Å². The Balaban J connectivity index is 1.46. The number of carbonyl (C=O) groups is 11. The number of imide groups is 1. The number of thioether (sulfide) groups is 1. The van der Waals surface area contributed by atoms with Crippen LogP contribution in [0.15, 0.2) is 36.4 Å². The third-order valence-corrected chi connectivity index (χ3v) is 14.8. The van der Waals surface area contributed by atoms with Crippen LogP contribution in [0.1, 0.15) is 153 Å². The van der Waals surface area contributed by atoms with E-state index in [1.165, 1.54) is 30.8 Å². The Labute approximate surface area is 515 Å². The fourth-order valence-electron chi connectivity index (χ4n) is 8.67. The van der Waals surface area contributed by atoms with E-state index in [0.717, 1.165) is 4.90 Å². The van der Waals surface area contributed by atoms with Crippen LogP contribution in [0.25, 0.3) is 0 Å². The van der Waals surface area contributed by atoms with E-state index in [1.54, 1.807) is 24.3 Å². The van der Waals surface area contributed by atoms with Gasteiger partial charge in [0.25, 0.3) is 17.7 Å². The predicted molar refractivity (Wildman–Crippen MR) is 321 cm³/mol. The zero-order valence-corrected chi connectivity index (χ0v) is 52.2. The van der Waals surface area contributed by atoms with Crippen molar-refractivity contribution in [2.24, 2.45) is 11.8 Å². The number of ketones is 2. The number of hydrogen-bond acceptors (Lipinski definition) is 19. The predicted octanol–water partition coefficient (Wildman–Crippen LogP) is 4.35. The van der Waals surface area contributed by atoms with Crippen LogP contribution in [0.5, 0.6) is 5.75 Å². The SMILES string of the molecule is CC[C@H](C)[C@H](CC(=O)[C@H](CCSC)NC(=O)c1cccc(OCCOCCOCCOCCC(=O)NCCCCCN(O)C(=O)CCC(=O)CCCCCCN(O)C(=O)CCC(=O)NCCCCCN(O)C(C)=O)c1)C(=O)NCCN1C(=O)C=CC1=O. The summed E-state index contributed by atoms with van der Waals surface area (Å²) in [7, 11) is 0. The van der Waals surface area contributed by atoms with Gasteiger partial charge in [-0.3, -0.25) is 73.3 Å². The second-order valence-corrected chi connectivity index (χ2v) is 22.1. The largest absolute Gasteiger partial charge is 0.491 e. The van der Waals surface area contributed by atoms with Crippen molar-refractivity contribution >= 4 is 76.5 Å². The van der Waals surface area contributed by atoms with Gasteiger partial charge in [-0.25, -0.2) is 15.2 Å². The molecule has 87 heavy (non-hydrogen) atoms. The van der Waals surface area contributed by atoms with Gasteiger partial charge in [0, 0.05) is 121 Å². The first-order chi connectivity index (χ1) is 41.8. The molecule has 1 heterocycles. The summed E-state index contributed by atoms with van der Waals surface area (Å²) in [6, 6.07) is 5.72. The number of benzene rings is 1. The maximum absolute atomic E-state index is 13.7. The zero-order valence-electron chi connectivity index (χ0n) is 51.4. The topological polar surface area (TPSA) is 346 Å². The van der Waals surface area contributed by atoms with Crippen LogP contribution >= 0.6 is 11.8 Å². The van der Waals surface area contributed by atoms with Gasteiger partial charge in [-0.1, -0.05) is 39.2 Å². The van der Waals surface area contributed by atoms with Crippen LogP contribution in [0.2, 0.25) is 0 Å². The molecule has 0 fully saturated rings. The van der Waals surface area contributed by atoms with Gasteiger partial charge < -0.3 is 40.2 Å². The smallest absolute Gasteiger partial charge is 0.253 e. The quantitative estimate of drug-likeness (QED) is 0.0206. The molecule has 7 N–H and O–H groups in total. The molecule has 0 bridgehead atoms. The Kier molecular flexibility index (Phi) is 41.2. The van der Waals surface area contributed by atoms with Crippen LogP contribution in [0, 0.1) is 11.8 Å². The average molecular weight is 1250 g/mol. The lowest BCUT2D eigenvalue weighted by atomic mass is 9.85. The van der Waals surface area contributed by atoms with Gasteiger partial charge in [0.1, 0.15) is 18.1 Å². The van der Waals surface area contributed by atoms with E-state index in [2.05, 4.69) is 21.3 Å². The first-order valence-corrected chi connectivity index (χ1v) is 31.8. The molecule has 1 aromatic rings. The van der Waals surface area contributed by atoms with Crippen LogP contribution in [-0.4, -0.2) is 211 Å². The molecular weight excluding hydrogens is 1150 g/mol. The number of unbranched alkanes of at least 4 members (excludes halogenated alkanes) is 7. The van der Waals surface area contributed by atoms with Crippen molar-refractivity contribution in [2.45, 2.75) is 149 Å². The van der Waals surface area contributed by atoms with E-state index in [1.807, 2.05) is 20.1 Å². The van der Waals surface area contributed by atoms with Crippen molar-refractivity contribution < 1.29 is 87.3 Å². The Morgan fingerprint density at radius 2 is 1.16 bits per heavy atom. The molecule has 0 spiro atoms. The molecular formula is C60H96N8O18S. The van der Waals surface area contributed by atoms with Gasteiger partial charge in [0.2, 0.25) is 35.4 Å². The number of nitrogens with zero attached hydrogens (tertiary/aromatic N) is 4. The third-order valence-electron chi connectivity index (χ3n) is 14.2. The summed E-state index contributed by atoms with van der Waals surface area (Å²) in [5.74, 6) is -3.92. The number of rotatable bonds is 52. The molecule has 9 amide bonds. The van der Waals surface area contributed by atoms with Crippen LogP contribution < -0.4 is 26.0 Å². The number of hydrogen-bond donors (Lipinski definition) is 7.